The molecule has 2 rings (SSSR count). The van der Waals surface area contributed by atoms with Gasteiger partial charge in [0.1, 0.15) is 5.75 Å². The first-order valence-corrected chi connectivity index (χ1v) is 8.44. The molecule has 0 aliphatic carbocycles. The monoisotopic (exact) mass is 309 g/mol. The first-order valence-electron chi connectivity index (χ1n) is 7.39. The second-order valence-electron chi connectivity index (χ2n) is 5.13. The second kappa shape index (κ2) is 8.95. The van der Waals surface area contributed by atoms with Gasteiger partial charge in [0, 0.05) is 30.8 Å². The first kappa shape index (κ1) is 16.2. The zero-order valence-electron chi connectivity index (χ0n) is 12.5. The lowest BCUT2D eigenvalue weighted by atomic mass is 10.2. The number of thioether (sulfide) groups is 1. The fraction of sp³-hybridized carbons (Fsp3) is 0.562. The SMILES string of the molecule is Cc1ccc(OCC(=O)NCCSC2CCOCC2)cc1. The van der Waals surface area contributed by atoms with E-state index >= 15 is 0 Å². The molecular formula is C16H23NO3S. The predicted molar refractivity (Wildman–Crippen MR) is 86.0 cm³/mol. The summed E-state index contributed by atoms with van der Waals surface area (Å²) in [5.74, 6) is 1.61. The van der Waals surface area contributed by atoms with Crippen LogP contribution in [0.5, 0.6) is 5.75 Å². The van der Waals surface area contributed by atoms with Gasteiger partial charge in [-0.15, -0.1) is 0 Å². The first-order chi connectivity index (χ1) is 10.2. The normalized spacial score (nSPS) is 15.7. The number of nitrogens with one attached hydrogen (secondary N) is 1. The van der Waals surface area contributed by atoms with Crippen LogP contribution in [0.4, 0.5) is 0 Å². The number of amides is 1. The van der Waals surface area contributed by atoms with Crippen molar-refractivity contribution >= 4 is 17.7 Å². The number of carbonyl (C=O) groups excluding carboxylic acids is 1. The van der Waals surface area contributed by atoms with Gasteiger partial charge in [0.2, 0.25) is 0 Å². The third kappa shape index (κ3) is 6.40. The van der Waals surface area contributed by atoms with E-state index in [1.165, 1.54) is 5.56 Å². The van der Waals surface area contributed by atoms with Crippen LogP contribution in [0.15, 0.2) is 24.3 Å². The van der Waals surface area contributed by atoms with Crippen molar-refractivity contribution in [2.45, 2.75) is 25.0 Å². The van der Waals surface area contributed by atoms with Gasteiger partial charge in [-0.3, -0.25) is 4.79 Å². The molecule has 1 N–H and O–H groups in total. The Balaban J connectivity index is 1.54. The van der Waals surface area contributed by atoms with Gasteiger partial charge in [0.05, 0.1) is 0 Å². The number of hydrogen-bond acceptors (Lipinski definition) is 4. The van der Waals surface area contributed by atoms with Gasteiger partial charge in [-0.2, -0.15) is 11.8 Å². The smallest absolute Gasteiger partial charge is 0.257 e. The van der Waals surface area contributed by atoms with Gasteiger partial charge < -0.3 is 14.8 Å². The Morgan fingerprint density at radius 2 is 2.05 bits per heavy atom. The maximum absolute atomic E-state index is 11.7. The Hall–Kier alpha value is -1.20. The molecule has 1 aromatic rings. The molecule has 0 bridgehead atoms. The number of aryl methyl sites for hydroxylation is 1. The summed E-state index contributed by atoms with van der Waals surface area (Å²) in [7, 11) is 0. The van der Waals surface area contributed by atoms with Gasteiger partial charge in [-0.1, -0.05) is 17.7 Å². The summed E-state index contributed by atoms with van der Waals surface area (Å²) in [6.45, 7) is 4.53. The highest BCUT2D eigenvalue weighted by Gasteiger charge is 2.13. The molecule has 1 aliphatic rings. The maximum atomic E-state index is 11.7. The number of rotatable bonds is 7. The third-order valence-corrected chi connectivity index (χ3v) is 4.72. The minimum absolute atomic E-state index is 0.0665. The lowest BCUT2D eigenvalue weighted by molar-refractivity contribution is -0.122. The molecule has 0 spiro atoms. The molecule has 0 aromatic heterocycles. The van der Waals surface area contributed by atoms with Crippen LogP contribution in [-0.2, 0) is 9.53 Å². The van der Waals surface area contributed by atoms with Gasteiger partial charge in [-0.05, 0) is 31.9 Å². The van der Waals surface area contributed by atoms with Crippen LogP contribution in [0.3, 0.4) is 0 Å². The topological polar surface area (TPSA) is 47.6 Å². The van der Waals surface area contributed by atoms with Crippen molar-refractivity contribution in [2.75, 3.05) is 32.1 Å². The van der Waals surface area contributed by atoms with Crippen molar-refractivity contribution < 1.29 is 14.3 Å². The van der Waals surface area contributed by atoms with Gasteiger partial charge in [0.15, 0.2) is 6.61 Å². The Kier molecular flexibility index (Phi) is 6.89. The van der Waals surface area contributed by atoms with E-state index < -0.39 is 0 Å². The molecule has 0 radical (unpaired) electrons. The molecule has 1 aromatic carbocycles. The highest BCUT2D eigenvalue weighted by Crippen LogP contribution is 2.21. The van der Waals surface area contributed by atoms with E-state index in [0.29, 0.717) is 11.8 Å². The van der Waals surface area contributed by atoms with Crippen LogP contribution in [-0.4, -0.2) is 43.3 Å². The molecule has 21 heavy (non-hydrogen) atoms. The van der Waals surface area contributed by atoms with Crippen molar-refractivity contribution in [3.63, 3.8) is 0 Å². The quantitative estimate of drug-likeness (QED) is 0.786. The molecule has 0 atom stereocenters. The van der Waals surface area contributed by atoms with Crippen molar-refractivity contribution in [1.29, 1.82) is 0 Å². The molecule has 1 aliphatic heterocycles. The van der Waals surface area contributed by atoms with E-state index in [2.05, 4.69) is 5.32 Å². The van der Waals surface area contributed by atoms with Crippen LogP contribution >= 0.6 is 11.8 Å². The van der Waals surface area contributed by atoms with E-state index in [1.807, 2.05) is 43.0 Å². The molecule has 0 unspecified atom stereocenters. The number of ether oxygens (including phenoxy) is 2. The van der Waals surface area contributed by atoms with Gasteiger partial charge >= 0.3 is 0 Å². The van der Waals surface area contributed by atoms with E-state index in [4.69, 9.17) is 9.47 Å². The minimum Gasteiger partial charge on any atom is -0.484 e. The molecular weight excluding hydrogens is 286 g/mol. The fourth-order valence-corrected chi connectivity index (χ4v) is 3.17. The van der Waals surface area contributed by atoms with Crippen LogP contribution in [0.25, 0.3) is 0 Å². The van der Waals surface area contributed by atoms with Crippen LogP contribution < -0.4 is 10.1 Å². The molecule has 4 nitrogen and oxygen atoms in total. The van der Waals surface area contributed by atoms with E-state index in [1.54, 1.807) is 0 Å². The summed E-state index contributed by atoms with van der Waals surface area (Å²) >= 11 is 1.92. The number of carbonyl (C=O) groups is 1. The van der Waals surface area contributed by atoms with E-state index in [0.717, 1.165) is 37.6 Å². The lowest BCUT2D eigenvalue weighted by Gasteiger charge is -2.21. The van der Waals surface area contributed by atoms with Crippen LogP contribution in [0, 0.1) is 6.92 Å². The number of benzene rings is 1. The van der Waals surface area contributed by atoms with Gasteiger partial charge in [0.25, 0.3) is 5.91 Å². The summed E-state index contributed by atoms with van der Waals surface area (Å²) in [5.41, 5.74) is 1.18. The Bertz CT molecular complexity index is 430. The predicted octanol–water partition coefficient (Wildman–Crippen LogP) is 2.40. The average Bonchev–Trinajstić information content (AvgIpc) is 2.52. The molecule has 1 saturated heterocycles. The van der Waals surface area contributed by atoms with E-state index in [9.17, 15) is 4.79 Å². The molecule has 116 valence electrons. The van der Waals surface area contributed by atoms with Crippen molar-refractivity contribution in [3.05, 3.63) is 29.8 Å². The standard InChI is InChI=1S/C16H23NO3S/c1-13-2-4-14(5-3-13)20-12-16(18)17-8-11-21-15-6-9-19-10-7-15/h2-5,15H,6-12H2,1H3,(H,17,18). The molecule has 5 heteroatoms. The van der Waals surface area contributed by atoms with Gasteiger partial charge in [-0.25, -0.2) is 0 Å². The fourth-order valence-electron chi connectivity index (χ4n) is 2.09. The average molecular weight is 309 g/mol. The Labute approximate surface area is 130 Å². The summed E-state index contributed by atoms with van der Waals surface area (Å²) in [4.78, 5) is 11.7. The Morgan fingerprint density at radius 3 is 2.76 bits per heavy atom. The minimum atomic E-state index is -0.0665. The van der Waals surface area contributed by atoms with Crippen molar-refractivity contribution in [1.82, 2.24) is 5.32 Å². The highest BCUT2D eigenvalue weighted by molar-refractivity contribution is 7.99. The molecule has 1 amide bonds. The maximum Gasteiger partial charge on any atom is 0.257 e. The molecule has 0 saturated carbocycles. The second-order valence-corrected chi connectivity index (χ2v) is 6.54. The summed E-state index contributed by atoms with van der Waals surface area (Å²) in [6.07, 6.45) is 2.24. The van der Waals surface area contributed by atoms with E-state index in [-0.39, 0.29) is 12.5 Å². The Morgan fingerprint density at radius 1 is 1.33 bits per heavy atom. The van der Waals surface area contributed by atoms with Crippen molar-refractivity contribution in [2.24, 2.45) is 0 Å². The van der Waals surface area contributed by atoms with Crippen LogP contribution in [0.2, 0.25) is 0 Å². The summed E-state index contributed by atoms with van der Waals surface area (Å²) in [6, 6.07) is 7.70. The highest BCUT2D eigenvalue weighted by atomic mass is 32.2. The largest absolute Gasteiger partial charge is 0.484 e. The molecule has 1 heterocycles. The molecule has 1 fully saturated rings. The van der Waals surface area contributed by atoms with Crippen LogP contribution in [0.1, 0.15) is 18.4 Å². The summed E-state index contributed by atoms with van der Waals surface area (Å²) < 4.78 is 10.8. The summed E-state index contributed by atoms with van der Waals surface area (Å²) in [5, 5.41) is 3.57. The van der Waals surface area contributed by atoms with Crippen molar-refractivity contribution in [3.8, 4) is 5.75 Å². The number of hydrogen-bond donors (Lipinski definition) is 1. The zero-order chi connectivity index (χ0) is 14.9. The third-order valence-electron chi connectivity index (χ3n) is 3.34. The zero-order valence-corrected chi connectivity index (χ0v) is 13.3. The lowest BCUT2D eigenvalue weighted by Crippen LogP contribution is -2.31.